The number of hydrogen-bond acceptors (Lipinski definition) is 3. The zero-order chi connectivity index (χ0) is 23.4. The molecule has 0 radical (unpaired) electrons. The van der Waals surface area contributed by atoms with Crippen molar-refractivity contribution in [2.45, 2.75) is 51.6 Å². The summed E-state index contributed by atoms with van der Waals surface area (Å²) < 4.78 is 28.5. The van der Waals surface area contributed by atoms with Crippen LogP contribution >= 0.6 is 0 Å². The molecule has 1 N–H and O–H groups in total. The highest BCUT2D eigenvalue weighted by atomic mass is 19.1. The summed E-state index contributed by atoms with van der Waals surface area (Å²) in [6.45, 7) is 3.60. The molecule has 7 heteroatoms. The van der Waals surface area contributed by atoms with Crippen LogP contribution in [0.1, 0.15) is 61.7 Å². The number of nitrogens with one attached hydrogen (secondary N) is 1. The van der Waals surface area contributed by atoms with Gasteiger partial charge in [0, 0.05) is 36.3 Å². The molecule has 0 spiro atoms. The number of carbonyl (C=O) groups excluding carboxylic acids is 1. The van der Waals surface area contributed by atoms with Crippen molar-refractivity contribution in [2.75, 3.05) is 0 Å². The number of unbranched alkanes of at least 4 members (excludes halogenated alkanes) is 1. The molecule has 5 nitrogen and oxygen atoms in total. The fourth-order valence-corrected chi connectivity index (χ4v) is 4.47. The van der Waals surface area contributed by atoms with E-state index in [-0.39, 0.29) is 17.5 Å². The number of H-pyrrole nitrogens is 1. The van der Waals surface area contributed by atoms with Gasteiger partial charge in [-0.2, -0.15) is 5.26 Å². The maximum atomic E-state index is 14.5. The quantitative estimate of drug-likeness (QED) is 0.587. The first-order chi connectivity index (χ1) is 15.4. The van der Waals surface area contributed by atoms with Crippen LogP contribution in [0.25, 0.3) is 10.9 Å². The molecule has 2 aromatic heterocycles. The SMILES string of the molecule is C#C.CCCC[C@H]1Cc2c([nH]c3c(F)cc(F)cc23)[C@H](c2ccc(C#N)cn2)N1C(C)=O. The third kappa shape index (κ3) is 4.07. The number of benzene rings is 1. The summed E-state index contributed by atoms with van der Waals surface area (Å²) in [6.07, 6.45) is 12.7. The molecule has 1 aliphatic heterocycles. The minimum absolute atomic E-state index is 0.108. The number of rotatable bonds is 4. The van der Waals surface area contributed by atoms with Gasteiger partial charge in [-0.15, -0.1) is 12.8 Å². The molecule has 0 bridgehead atoms. The summed E-state index contributed by atoms with van der Waals surface area (Å²) >= 11 is 0. The van der Waals surface area contributed by atoms with Gasteiger partial charge in [-0.3, -0.25) is 9.78 Å². The fraction of sp³-hybridized carbons (Fsp3) is 0.320. The summed E-state index contributed by atoms with van der Waals surface area (Å²) in [7, 11) is 0. The number of aromatic nitrogens is 2. The number of terminal acetylenes is 1. The van der Waals surface area contributed by atoms with Crippen LogP contribution in [0, 0.1) is 35.8 Å². The predicted octanol–water partition coefficient (Wildman–Crippen LogP) is 5.01. The number of aromatic amines is 1. The topological polar surface area (TPSA) is 72.8 Å². The van der Waals surface area contributed by atoms with Crippen LogP contribution in [0.5, 0.6) is 0 Å². The number of hydrogen-bond donors (Lipinski definition) is 1. The summed E-state index contributed by atoms with van der Waals surface area (Å²) in [5.41, 5.74) is 2.70. The van der Waals surface area contributed by atoms with Crippen molar-refractivity contribution >= 4 is 16.8 Å². The molecule has 3 heterocycles. The Morgan fingerprint density at radius 3 is 2.69 bits per heavy atom. The summed E-state index contributed by atoms with van der Waals surface area (Å²) in [5.74, 6) is -1.40. The number of halogens is 2. The van der Waals surface area contributed by atoms with Gasteiger partial charge in [0.1, 0.15) is 23.7 Å². The molecule has 0 fully saturated rings. The Morgan fingerprint density at radius 2 is 2.09 bits per heavy atom. The van der Waals surface area contributed by atoms with Crippen LogP contribution in [0.4, 0.5) is 8.78 Å². The molecular formula is C25H24F2N4O. The molecule has 4 rings (SSSR count). The third-order valence-electron chi connectivity index (χ3n) is 5.80. The largest absolute Gasteiger partial charge is 0.354 e. The van der Waals surface area contributed by atoms with Gasteiger partial charge in [0.25, 0.3) is 0 Å². The minimum Gasteiger partial charge on any atom is -0.354 e. The second-order valence-corrected chi connectivity index (χ2v) is 7.74. The molecule has 0 unspecified atom stereocenters. The fourth-order valence-electron chi connectivity index (χ4n) is 4.47. The zero-order valence-corrected chi connectivity index (χ0v) is 18.0. The number of nitriles is 1. The number of carbonyl (C=O) groups is 1. The average Bonchev–Trinajstić information content (AvgIpc) is 3.16. The Bertz CT molecular complexity index is 1190. The molecule has 0 saturated heterocycles. The highest BCUT2D eigenvalue weighted by molar-refractivity contribution is 5.87. The van der Waals surface area contributed by atoms with Crippen LogP contribution in [-0.4, -0.2) is 26.8 Å². The molecule has 0 aliphatic carbocycles. The van der Waals surface area contributed by atoms with Crippen molar-refractivity contribution in [1.82, 2.24) is 14.9 Å². The maximum Gasteiger partial charge on any atom is 0.220 e. The van der Waals surface area contributed by atoms with E-state index in [2.05, 4.69) is 29.7 Å². The highest BCUT2D eigenvalue weighted by Gasteiger charge is 2.39. The number of nitrogens with zero attached hydrogens (tertiary/aromatic N) is 3. The van der Waals surface area contributed by atoms with Gasteiger partial charge in [0.15, 0.2) is 0 Å². The van der Waals surface area contributed by atoms with Gasteiger partial charge in [0.05, 0.1) is 16.8 Å². The van der Waals surface area contributed by atoms with Crippen molar-refractivity contribution < 1.29 is 13.6 Å². The highest BCUT2D eigenvalue weighted by Crippen LogP contribution is 2.42. The molecule has 0 saturated carbocycles. The lowest BCUT2D eigenvalue weighted by Gasteiger charge is -2.41. The second-order valence-electron chi connectivity index (χ2n) is 7.74. The van der Waals surface area contributed by atoms with Crippen molar-refractivity contribution in [2.24, 2.45) is 0 Å². The first kappa shape index (κ1) is 23.0. The van der Waals surface area contributed by atoms with E-state index >= 15 is 0 Å². The van der Waals surface area contributed by atoms with Gasteiger partial charge >= 0.3 is 0 Å². The molecule has 1 aromatic carbocycles. The minimum atomic E-state index is -0.662. The van der Waals surface area contributed by atoms with E-state index in [0.717, 1.165) is 30.9 Å². The van der Waals surface area contributed by atoms with Gasteiger partial charge in [-0.05, 0) is 36.6 Å². The van der Waals surface area contributed by atoms with Gasteiger partial charge in [0.2, 0.25) is 5.91 Å². The van der Waals surface area contributed by atoms with Crippen LogP contribution in [0.3, 0.4) is 0 Å². The molecule has 2 atom stereocenters. The molecule has 32 heavy (non-hydrogen) atoms. The van der Waals surface area contributed by atoms with E-state index in [0.29, 0.717) is 28.8 Å². The second kappa shape index (κ2) is 9.62. The Hall–Kier alpha value is -3.71. The van der Waals surface area contributed by atoms with Gasteiger partial charge in [-0.25, -0.2) is 8.78 Å². The van der Waals surface area contributed by atoms with Crippen LogP contribution < -0.4 is 0 Å². The number of pyridine rings is 1. The van der Waals surface area contributed by atoms with Crippen molar-refractivity contribution in [3.8, 4) is 18.9 Å². The number of fused-ring (bicyclic) bond motifs is 3. The summed E-state index contributed by atoms with van der Waals surface area (Å²) in [5, 5.41) is 9.60. The summed E-state index contributed by atoms with van der Waals surface area (Å²) in [6, 6.07) is 6.94. The van der Waals surface area contributed by atoms with Crippen LogP contribution in [0.2, 0.25) is 0 Å². The smallest absolute Gasteiger partial charge is 0.220 e. The lowest BCUT2D eigenvalue weighted by atomic mass is 9.87. The molecule has 1 aliphatic rings. The van der Waals surface area contributed by atoms with E-state index in [9.17, 15) is 13.6 Å². The average molecular weight is 434 g/mol. The van der Waals surface area contributed by atoms with Gasteiger partial charge in [-0.1, -0.05) is 19.8 Å². The van der Waals surface area contributed by atoms with E-state index < -0.39 is 17.7 Å². The standard InChI is InChI=1S/C23H22F2N4O.C2H2/c1-3-4-5-16-10-18-17-8-15(24)9-19(25)21(17)28-22(18)23(29(16)13(2)30)20-7-6-14(11-26)12-27-20;1-2/h6-9,12,16,23,28H,3-5,10H2,1-2H3;1-2H/t16-,23-;/m0./s1. The molecule has 164 valence electrons. The lowest BCUT2D eigenvalue weighted by Crippen LogP contribution is -2.47. The van der Waals surface area contributed by atoms with Gasteiger partial charge < -0.3 is 9.88 Å². The number of amides is 1. The Kier molecular flexibility index (Phi) is 6.90. The van der Waals surface area contributed by atoms with Crippen LogP contribution in [0.15, 0.2) is 30.5 Å². The monoisotopic (exact) mass is 434 g/mol. The zero-order valence-electron chi connectivity index (χ0n) is 18.0. The van der Waals surface area contributed by atoms with Crippen molar-refractivity contribution in [3.63, 3.8) is 0 Å². The first-order valence-electron chi connectivity index (χ1n) is 10.4. The first-order valence-corrected chi connectivity index (χ1v) is 10.4. The molecule has 1 amide bonds. The molecular weight excluding hydrogens is 410 g/mol. The van der Waals surface area contributed by atoms with Crippen molar-refractivity contribution in [1.29, 1.82) is 5.26 Å². The van der Waals surface area contributed by atoms with E-state index in [1.54, 1.807) is 17.0 Å². The Morgan fingerprint density at radius 1 is 1.34 bits per heavy atom. The van der Waals surface area contributed by atoms with E-state index in [1.165, 1.54) is 19.2 Å². The van der Waals surface area contributed by atoms with E-state index in [4.69, 9.17) is 5.26 Å². The Labute approximate surface area is 186 Å². The van der Waals surface area contributed by atoms with Crippen molar-refractivity contribution in [3.05, 3.63) is 64.6 Å². The normalized spacial score (nSPS) is 17.2. The lowest BCUT2D eigenvalue weighted by molar-refractivity contribution is -0.134. The molecule has 3 aromatic rings. The Balaban J connectivity index is 0.00000141. The van der Waals surface area contributed by atoms with Crippen LogP contribution in [-0.2, 0) is 11.2 Å². The maximum absolute atomic E-state index is 14.5. The van der Waals surface area contributed by atoms with E-state index in [1.807, 2.05) is 6.07 Å². The summed E-state index contributed by atoms with van der Waals surface area (Å²) in [4.78, 5) is 22.0. The third-order valence-corrected chi connectivity index (χ3v) is 5.80. The predicted molar refractivity (Wildman–Crippen MR) is 118 cm³/mol.